The number of fused-ring (bicyclic) bond motifs is 3. The second kappa shape index (κ2) is 16.2. The third-order valence-electron chi connectivity index (χ3n) is 10.2. The maximum atomic E-state index is 12.0. The summed E-state index contributed by atoms with van der Waals surface area (Å²) in [6.45, 7) is 14.2. The van der Waals surface area contributed by atoms with Crippen molar-refractivity contribution in [3.63, 3.8) is 0 Å². The Morgan fingerprint density at radius 3 is 1.86 bits per heavy atom. The smallest absolute Gasteiger partial charge is 0.160 e. The Morgan fingerprint density at radius 2 is 1.31 bits per heavy atom. The Hall–Kier alpha value is -1.23. The second-order valence-corrected chi connectivity index (χ2v) is 16.1. The summed E-state index contributed by atoms with van der Waals surface area (Å²) >= 11 is 5.72. The number of hydrogen-bond acceptors (Lipinski definition) is 4. The molecule has 3 heterocycles. The van der Waals surface area contributed by atoms with Crippen molar-refractivity contribution < 1.29 is 4.79 Å². The molecular formula is C38H56OS3. The summed E-state index contributed by atoms with van der Waals surface area (Å²) in [6.07, 6.45) is 20.3. The summed E-state index contributed by atoms with van der Waals surface area (Å²) in [7, 11) is 0. The molecule has 3 unspecified atom stereocenters. The number of rotatable bonds is 20. The first-order valence-electron chi connectivity index (χ1n) is 17.3. The molecule has 232 valence electrons. The Morgan fingerprint density at radius 1 is 0.714 bits per heavy atom. The summed E-state index contributed by atoms with van der Waals surface area (Å²) in [4.78, 5) is 18.7. The fourth-order valence-corrected chi connectivity index (χ4v) is 11.1. The predicted octanol–water partition coefficient (Wildman–Crippen LogP) is 13.6. The third kappa shape index (κ3) is 7.35. The number of unbranched alkanes of at least 4 members (excludes halogenated alkanes) is 3. The van der Waals surface area contributed by atoms with Crippen molar-refractivity contribution in [2.45, 2.75) is 143 Å². The van der Waals surface area contributed by atoms with Gasteiger partial charge in [-0.3, -0.25) is 4.79 Å². The van der Waals surface area contributed by atoms with Crippen LogP contribution < -0.4 is 0 Å². The zero-order valence-corrected chi connectivity index (χ0v) is 29.8. The molecule has 0 aromatic carbocycles. The molecule has 0 saturated carbocycles. The molecule has 1 nitrogen and oxygen atoms in total. The van der Waals surface area contributed by atoms with Crippen LogP contribution in [0.4, 0.5) is 0 Å². The predicted molar refractivity (Wildman–Crippen MR) is 190 cm³/mol. The average Bonchev–Trinajstić information content (AvgIpc) is 3.79. The van der Waals surface area contributed by atoms with E-state index in [1.54, 1.807) is 27.3 Å². The fraction of sp³-hybridized carbons (Fsp3) is 0.658. The molecule has 0 bridgehead atoms. The highest BCUT2D eigenvalue weighted by Gasteiger charge is 2.47. The fourth-order valence-electron chi connectivity index (χ4n) is 7.55. The number of carbonyl (C=O) groups is 1. The monoisotopic (exact) mass is 624 g/mol. The van der Waals surface area contributed by atoms with Crippen molar-refractivity contribution in [1.29, 1.82) is 0 Å². The van der Waals surface area contributed by atoms with E-state index in [2.05, 4.69) is 65.1 Å². The number of thiophene rings is 3. The Labute approximate surface area is 269 Å². The highest BCUT2D eigenvalue weighted by atomic mass is 32.1. The summed E-state index contributed by atoms with van der Waals surface area (Å²) in [5.74, 6) is 2.22. The van der Waals surface area contributed by atoms with Gasteiger partial charge < -0.3 is 0 Å². The summed E-state index contributed by atoms with van der Waals surface area (Å²) in [5, 5.41) is 2.36. The van der Waals surface area contributed by atoms with E-state index in [0.717, 1.165) is 29.4 Å². The molecule has 0 amide bonds. The van der Waals surface area contributed by atoms with Crippen LogP contribution in [0.5, 0.6) is 0 Å². The molecule has 1 aliphatic rings. The first-order valence-corrected chi connectivity index (χ1v) is 19.8. The van der Waals surface area contributed by atoms with E-state index in [9.17, 15) is 4.79 Å². The van der Waals surface area contributed by atoms with Gasteiger partial charge in [-0.05, 0) is 77.3 Å². The zero-order chi connectivity index (χ0) is 30.1. The van der Waals surface area contributed by atoms with Crippen molar-refractivity contribution in [3.05, 3.63) is 45.1 Å². The van der Waals surface area contributed by atoms with Crippen LogP contribution >= 0.6 is 34.0 Å². The molecule has 4 heteroatoms. The second-order valence-electron chi connectivity index (χ2n) is 13.1. The van der Waals surface area contributed by atoms with Gasteiger partial charge in [-0.25, -0.2) is 0 Å². The minimum Gasteiger partial charge on any atom is -0.297 e. The minimum absolute atomic E-state index is 0.125. The molecule has 3 aromatic rings. The van der Waals surface area contributed by atoms with Crippen LogP contribution in [0.2, 0.25) is 0 Å². The molecule has 0 radical (unpaired) electrons. The van der Waals surface area contributed by atoms with Crippen LogP contribution in [0.1, 0.15) is 158 Å². The van der Waals surface area contributed by atoms with E-state index in [1.807, 2.05) is 22.7 Å². The molecule has 0 fully saturated rings. The lowest BCUT2D eigenvalue weighted by atomic mass is 9.66. The van der Waals surface area contributed by atoms with Crippen LogP contribution in [0.3, 0.4) is 0 Å². The standard InChI is InChI=1S/C38H56OS3/c1-7-13-16-27(10-4)21-30-22-31(26-39)41-35(30)34-23-33-37(42-34)36-32(19-20-40-36)38(33,24-28(11-5)17-14-8-2)25-29(12-6)18-15-9-3/h19-20,22-23,26-29H,7-18,21,24-25H2,1-6H3. The van der Waals surface area contributed by atoms with Crippen molar-refractivity contribution in [2.24, 2.45) is 17.8 Å². The van der Waals surface area contributed by atoms with Crippen LogP contribution in [-0.2, 0) is 11.8 Å². The molecule has 1 aliphatic carbocycles. The van der Waals surface area contributed by atoms with Gasteiger partial charge in [-0.15, -0.1) is 34.0 Å². The van der Waals surface area contributed by atoms with E-state index >= 15 is 0 Å². The van der Waals surface area contributed by atoms with Gasteiger partial charge in [-0.1, -0.05) is 119 Å². The zero-order valence-electron chi connectivity index (χ0n) is 27.4. The molecule has 3 atom stereocenters. The van der Waals surface area contributed by atoms with Crippen LogP contribution in [0, 0.1) is 17.8 Å². The molecule has 0 N–H and O–H groups in total. The maximum absolute atomic E-state index is 12.0. The Kier molecular flexibility index (Phi) is 13.0. The van der Waals surface area contributed by atoms with E-state index in [4.69, 9.17) is 0 Å². The van der Waals surface area contributed by atoms with Crippen LogP contribution in [-0.4, -0.2) is 6.29 Å². The highest BCUT2D eigenvalue weighted by Crippen LogP contribution is 2.61. The lowest BCUT2D eigenvalue weighted by Crippen LogP contribution is -2.31. The lowest BCUT2D eigenvalue weighted by molar-refractivity contribution is 0.112. The van der Waals surface area contributed by atoms with Crippen molar-refractivity contribution in [1.82, 2.24) is 0 Å². The van der Waals surface area contributed by atoms with E-state index < -0.39 is 0 Å². The summed E-state index contributed by atoms with van der Waals surface area (Å²) in [6, 6.07) is 7.32. The average molecular weight is 625 g/mol. The maximum Gasteiger partial charge on any atom is 0.160 e. The molecular weight excluding hydrogens is 569 g/mol. The Bertz CT molecular complexity index is 1230. The van der Waals surface area contributed by atoms with Crippen LogP contribution in [0.15, 0.2) is 23.6 Å². The van der Waals surface area contributed by atoms with Crippen molar-refractivity contribution in [3.8, 4) is 19.5 Å². The van der Waals surface area contributed by atoms with Crippen molar-refractivity contribution in [2.75, 3.05) is 0 Å². The molecule has 0 aliphatic heterocycles. The van der Waals surface area contributed by atoms with Gasteiger partial charge in [-0.2, -0.15) is 0 Å². The summed E-state index contributed by atoms with van der Waals surface area (Å²) < 4.78 is 0. The van der Waals surface area contributed by atoms with Gasteiger partial charge >= 0.3 is 0 Å². The lowest BCUT2D eigenvalue weighted by Gasteiger charge is -2.37. The van der Waals surface area contributed by atoms with Gasteiger partial charge in [0.15, 0.2) is 6.29 Å². The SMILES string of the molecule is CCCCC(CC)Cc1cc(C=O)sc1-c1cc2c(s1)-c1sccc1C2(CC(CC)CCCC)CC(CC)CCCC. The van der Waals surface area contributed by atoms with Gasteiger partial charge in [0.05, 0.1) is 4.88 Å². The first kappa shape index (κ1) is 33.7. The van der Waals surface area contributed by atoms with E-state index in [0.29, 0.717) is 5.92 Å². The van der Waals surface area contributed by atoms with Gasteiger partial charge in [0.2, 0.25) is 0 Å². The van der Waals surface area contributed by atoms with Gasteiger partial charge in [0, 0.05) is 24.9 Å². The van der Waals surface area contributed by atoms with E-state index in [1.165, 1.54) is 110 Å². The van der Waals surface area contributed by atoms with E-state index in [-0.39, 0.29) is 5.41 Å². The van der Waals surface area contributed by atoms with Gasteiger partial charge in [0.25, 0.3) is 0 Å². The number of carbonyl (C=O) groups excluding carboxylic acids is 1. The number of hydrogen-bond donors (Lipinski definition) is 0. The topological polar surface area (TPSA) is 17.1 Å². The molecule has 0 spiro atoms. The van der Waals surface area contributed by atoms with Crippen molar-refractivity contribution >= 4 is 40.3 Å². The summed E-state index contributed by atoms with van der Waals surface area (Å²) in [5.41, 5.74) is 4.79. The third-order valence-corrected chi connectivity index (χ3v) is 13.7. The Balaban J connectivity index is 1.81. The quantitative estimate of drug-likeness (QED) is 0.114. The normalized spacial score (nSPS) is 18.1. The highest BCUT2D eigenvalue weighted by molar-refractivity contribution is 7.27. The van der Waals surface area contributed by atoms with Gasteiger partial charge in [0.1, 0.15) is 0 Å². The number of aldehydes is 1. The largest absolute Gasteiger partial charge is 0.297 e. The molecule has 4 rings (SSSR count). The molecule has 42 heavy (non-hydrogen) atoms. The van der Waals surface area contributed by atoms with Crippen LogP contribution in [0.25, 0.3) is 19.5 Å². The first-order chi connectivity index (χ1) is 20.5. The molecule has 3 aromatic heterocycles. The minimum atomic E-state index is 0.125. The molecule has 0 saturated heterocycles.